The third kappa shape index (κ3) is 16.4. The molecule has 3 amide bonds. The minimum Gasteiger partial charge on any atom is -0.480 e. The fourth-order valence-corrected chi connectivity index (χ4v) is 2.55. The lowest BCUT2D eigenvalue weighted by molar-refractivity contribution is -0.138. The molecule has 0 heterocycles. The van der Waals surface area contributed by atoms with E-state index in [2.05, 4.69) is 41.2 Å². The summed E-state index contributed by atoms with van der Waals surface area (Å²) in [6, 6.07) is 0. The number of hydrogen-bond donors (Lipinski definition) is 6. The number of rotatable bonds is 16. The summed E-state index contributed by atoms with van der Waals surface area (Å²) in [6.07, 6.45) is 2.01. The highest BCUT2D eigenvalue weighted by atomic mass is 32.1. The summed E-state index contributed by atoms with van der Waals surface area (Å²) >= 11 is 7.99. The maximum Gasteiger partial charge on any atom is 0.322 e. The Morgan fingerprint density at radius 2 is 1.26 bits per heavy atom. The molecule has 0 aliphatic heterocycles. The minimum absolute atomic E-state index is 0.0580. The molecule has 4 N–H and O–H groups in total. The maximum absolute atomic E-state index is 11.8. The van der Waals surface area contributed by atoms with E-state index in [0.29, 0.717) is 63.4 Å². The number of aliphatic carboxylic acids is 1. The Hall–Kier alpha value is -1.46. The van der Waals surface area contributed by atoms with Crippen LogP contribution in [0.1, 0.15) is 25.7 Å². The number of carbonyl (C=O) groups is 4. The smallest absolute Gasteiger partial charge is 0.322 e. The standard InChI is InChI=1S/C16H30N4O5S2/c21-13(3-9-26)17-5-1-7-20(12-15(23)19-11-16(24)25)8-2-6-18-14(22)4-10-27/h26-27H,1-12H2,(H,17,21)(H,18,22)(H,19,23)(H,24,25). The van der Waals surface area contributed by atoms with E-state index in [0.717, 1.165) is 0 Å². The molecule has 0 aliphatic carbocycles. The van der Waals surface area contributed by atoms with Gasteiger partial charge in [-0.3, -0.25) is 24.1 Å². The average Bonchev–Trinajstić information content (AvgIpc) is 2.60. The van der Waals surface area contributed by atoms with E-state index < -0.39 is 12.5 Å². The normalized spacial score (nSPS) is 10.5. The zero-order valence-corrected chi connectivity index (χ0v) is 17.2. The first-order valence-corrected chi connectivity index (χ1v) is 10.1. The SMILES string of the molecule is O=C(O)CNC(=O)CN(CCCNC(=O)CCS)CCCNC(=O)CCS. The van der Waals surface area contributed by atoms with Gasteiger partial charge in [0.1, 0.15) is 6.54 Å². The zero-order chi connectivity index (χ0) is 20.5. The number of carbonyl (C=O) groups excluding carboxylic acids is 3. The van der Waals surface area contributed by atoms with Crippen molar-refractivity contribution in [2.75, 3.05) is 50.8 Å². The predicted molar refractivity (Wildman–Crippen MR) is 109 cm³/mol. The molecule has 0 aromatic carbocycles. The van der Waals surface area contributed by atoms with Crippen molar-refractivity contribution in [2.45, 2.75) is 25.7 Å². The van der Waals surface area contributed by atoms with Crippen LogP contribution in [0.2, 0.25) is 0 Å². The molecule has 0 atom stereocenters. The largest absolute Gasteiger partial charge is 0.480 e. The molecule has 0 unspecified atom stereocenters. The summed E-state index contributed by atoms with van der Waals surface area (Å²) < 4.78 is 0. The number of amides is 3. The first kappa shape index (κ1) is 25.5. The van der Waals surface area contributed by atoms with E-state index >= 15 is 0 Å². The van der Waals surface area contributed by atoms with Crippen LogP contribution in [0, 0.1) is 0 Å². The lowest BCUT2D eigenvalue weighted by Crippen LogP contribution is -2.41. The van der Waals surface area contributed by atoms with Crippen molar-refractivity contribution in [3.63, 3.8) is 0 Å². The third-order valence-corrected chi connectivity index (χ3v) is 3.88. The molecule has 9 nitrogen and oxygen atoms in total. The van der Waals surface area contributed by atoms with Crippen LogP contribution in [0.4, 0.5) is 0 Å². The van der Waals surface area contributed by atoms with E-state index in [9.17, 15) is 19.2 Å². The van der Waals surface area contributed by atoms with Crippen molar-refractivity contribution in [3.05, 3.63) is 0 Å². The maximum atomic E-state index is 11.8. The summed E-state index contributed by atoms with van der Waals surface area (Å²) in [5, 5.41) is 16.5. The number of carboxylic acid groups (broad SMARTS) is 1. The molecular weight excluding hydrogens is 392 g/mol. The molecule has 0 saturated heterocycles. The van der Waals surface area contributed by atoms with Gasteiger partial charge in [0.05, 0.1) is 6.54 Å². The highest BCUT2D eigenvalue weighted by molar-refractivity contribution is 7.80. The summed E-state index contributed by atoms with van der Waals surface area (Å²) in [6.45, 7) is 1.73. The second-order valence-electron chi connectivity index (χ2n) is 5.80. The van der Waals surface area contributed by atoms with Gasteiger partial charge in [-0.25, -0.2) is 0 Å². The van der Waals surface area contributed by atoms with Gasteiger partial charge < -0.3 is 21.1 Å². The van der Waals surface area contributed by atoms with Gasteiger partial charge in [0.15, 0.2) is 0 Å². The lowest BCUT2D eigenvalue weighted by Gasteiger charge is -2.22. The highest BCUT2D eigenvalue weighted by Gasteiger charge is 2.12. The van der Waals surface area contributed by atoms with Crippen molar-refractivity contribution in [1.29, 1.82) is 0 Å². The van der Waals surface area contributed by atoms with Gasteiger partial charge in [-0.05, 0) is 24.3 Å². The summed E-state index contributed by atoms with van der Waals surface area (Å²) in [5.74, 6) is -0.643. The van der Waals surface area contributed by atoms with E-state index in [1.807, 2.05) is 4.90 Å². The average molecular weight is 423 g/mol. The van der Waals surface area contributed by atoms with Crippen LogP contribution in [0.15, 0.2) is 0 Å². The fourth-order valence-electron chi connectivity index (χ4n) is 2.14. The van der Waals surface area contributed by atoms with Gasteiger partial charge in [0.2, 0.25) is 17.7 Å². The Morgan fingerprint density at radius 3 is 1.67 bits per heavy atom. The summed E-state index contributed by atoms with van der Waals surface area (Å²) in [4.78, 5) is 47.0. The van der Waals surface area contributed by atoms with Gasteiger partial charge >= 0.3 is 5.97 Å². The summed E-state index contributed by atoms with van der Waals surface area (Å²) in [5.41, 5.74) is 0. The quantitative estimate of drug-likeness (QED) is 0.142. The lowest BCUT2D eigenvalue weighted by atomic mass is 10.3. The third-order valence-electron chi connectivity index (χ3n) is 3.43. The first-order chi connectivity index (χ1) is 12.9. The molecule has 0 fully saturated rings. The summed E-state index contributed by atoms with van der Waals surface area (Å²) in [7, 11) is 0. The monoisotopic (exact) mass is 422 g/mol. The van der Waals surface area contributed by atoms with Crippen molar-refractivity contribution < 1.29 is 24.3 Å². The van der Waals surface area contributed by atoms with E-state index in [4.69, 9.17) is 5.11 Å². The molecule has 0 aromatic heterocycles. The molecule has 0 spiro atoms. The Bertz CT molecular complexity index is 454. The van der Waals surface area contributed by atoms with Crippen LogP contribution in [0.3, 0.4) is 0 Å². The second kappa shape index (κ2) is 16.7. The van der Waals surface area contributed by atoms with Crippen LogP contribution >= 0.6 is 25.3 Å². The molecule has 156 valence electrons. The van der Waals surface area contributed by atoms with E-state index in [1.54, 1.807) is 0 Å². The van der Waals surface area contributed by atoms with Crippen LogP contribution in [-0.2, 0) is 19.2 Å². The number of hydrogen-bond acceptors (Lipinski definition) is 7. The Kier molecular flexibility index (Phi) is 15.8. The van der Waals surface area contributed by atoms with Crippen LogP contribution in [-0.4, -0.2) is 84.5 Å². The van der Waals surface area contributed by atoms with E-state index in [-0.39, 0.29) is 24.3 Å². The number of nitrogens with zero attached hydrogens (tertiary/aromatic N) is 1. The van der Waals surface area contributed by atoms with Gasteiger partial charge in [0.25, 0.3) is 0 Å². The predicted octanol–water partition coefficient (Wildman–Crippen LogP) is -0.858. The van der Waals surface area contributed by atoms with Crippen LogP contribution in [0.5, 0.6) is 0 Å². The van der Waals surface area contributed by atoms with Crippen molar-refractivity contribution >= 4 is 48.9 Å². The molecule has 0 radical (unpaired) electrons. The van der Waals surface area contributed by atoms with Gasteiger partial charge in [0, 0.05) is 39.0 Å². The topological polar surface area (TPSA) is 128 Å². The number of thiol groups is 2. The van der Waals surface area contributed by atoms with Gasteiger partial charge in [-0.1, -0.05) is 0 Å². The Balaban J connectivity index is 4.26. The van der Waals surface area contributed by atoms with E-state index in [1.165, 1.54) is 0 Å². The molecule has 0 bridgehead atoms. The Labute approximate surface area is 170 Å². The van der Waals surface area contributed by atoms with Gasteiger partial charge in [-0.15, -0.1) is 0 Å². The Morgan fingerprint density at radius 1 is 0.778 bits per heavy atom. The fraction of sp³-hybridized carbons (Fsp3) is 0.750. The van der Waals surface area contributed by atoms with Crippen molar-refractivity contribution in [1.82, 2.24) is 20.9 Å². The van der Waals surface area contributed by atoms with Crippen molar-refractivity contribution in [3.8, 4) is 0 Å². The van der Waals surface area contributed by atoms with Crippen LogP contribution in [0.25, 0.3) is 0 Å². The molecule has 0 aliphatic rings. The molecular formula is C16H30N4O5S2. The zero-order valence-electron chi connectivity index (χ0n) is 15.4. The highest BCUT2D eigenvalue weighted by Crippen LogP contribution is 1.95. The number of carboxylic acids is 1. The molecule has 0 aromatic rings. The molecule has 0 rings (SSSR count). The van der Waals surface area contributed by atoms with Crippen LogP contribution < -0.4 is 16.0 Å². The molecule has 11 heteroatoms. The molecule has 0 saturated carbocycles. The van der Waals surface area contributed by atoms with Crippen molar-refractivity contribution in [2.24, 2.45) is 0 Å². The molecule has 27 heavy (non-hydrogen) atoms. The first-order valence-electron chi connectivity index (χ1n) is 8.85. The van der Waals surface area contributed by atoms with Gasteiger partial charge in [-0.2, -0.15) is 25.3 Å². The second-order valence-corrected chi connectivity index (χ2v) is 6.70. The number of nitrogens with one attached hydrogen (secondary N) is 3. The minimum atomic E-state index is -1.10.